The van der Waals surface area contributed by atoms with Gasteiger partial charge in [-0.25, -0.2) is 0 Å². The zero-order chi connectivity index (χ0) is 10.9. The summed E-state index contributed by atoms with van der Waals surface area (Å²) in [5.74, 6) is 0.117. The highest BCUT2D eigenvalue weighted by molar-refractivity contribution is 5.85. The minimum Gasteiger partial charge on any atom is -0.380 e. The molecule has 1 fully saturated rings. The van der Waals surface area contributed by atoms with Crippen molar-refractivity contribution in [1.82, 2.24) is 10.6 Å². The lowest BCUT2D eigenvalue weighted by atomic mass is 10.2. The van der Waals surface area contributed by atoms with E-state index in [1.807, 2.05) is 0 Å². The standard InChI is InChI=1S/C11H22N2O2.ClH/c1-2-3-8-15-9-7-13-11(14)10-5-4-6-12-10;/h10,12H,2-9H2,1H3,(H,13,14);1H/t10-;/m0./s1. The van der Waals surface area contributed by atoms with Gasteiger partial charge in [0.15, 0.2) is 0 Å². The Bertz CT molecular complexity index is 185. The molecule has 96 valence electrons. The quantitative estimate of drug-likeness (QED) is 0.666. The molecule has 1 saturated heterocycles. The van der Waals surface area contributed by atoms with Crippen LogP contribution in [0.2, 0.25) is 0 Å². The van der Waals surface area contributed by atoms with E-state index in [2.05, 4.69) is 17.6 Å². The third-order valence-corrected chi connectivity index (χ3v) is 2.56. The van der Waals surface area contributed by atoms with Gasteiger partial charge in [-0.15, -0.1) is 12.4 Å². The van der Waals surface area contributed by atoms with Gasteiger partial charge in [0.1, 0.15) is 0 Å². The van der Waals surface area contributed by atoms with Crippen molar-refractivity contribution in [2.45, 2.75) is 38.6 Å². The zero-order valence-electron chi connectivity index (χ0n) is 9.96. The molecule has 5 heteroatoms. The topological polar surface area (TPSA) is 50.4 Å². The van der Waals surface area contributed by atoms with Crippen molar-refractivity contribution >= 4 is 18.3 Å². The minimum atomic E-state index is 0. The third kappa shape index (κ3) is 6.30. The van der Waals surface area contributed by atoms with Crippen LogP contribution in [0, 0.1) is 0 Å². The predicted octanol–water partition coefficient (Wildman–Crippen LogP) is 1.09. The molecule has 0 aromatic heterocycles. The molecule has 1 amide bonds. The molecule has 0 aromatic carbocycles. The van der Waals surface area contributed by atoms with E-state index in [1.165, 1.54) is 0 Å². The predicted molar refractivity (Wildman–Crippen MR) is 67.0 cm³/mol. The lowest BCUT2D eigenvalue weighted by Gasteiger charge is -2.10. The third-order valence-electron chi connectivity index (χ3n) is 2.56. The Labute approximate surface area is 104 Å². The van der Waals surface area contributed by atoms with Crippen molar-refractivity contribution in [1.29, 1.82) is 0 Å². The molecule has 16 heavy (non-hydrogen) atoms. The second-order valence-corrected chi connectivity index (χ2v) is 3.91. The number of ether oxygens (including phenoxy) is 1. The highest BCUT2D eigenvalue weighted by atomic mass is 35.5. The lowest BCUT2D eigenvalue weighted by molar-refractivity contribution is -0.123. The van der Waals surface area contributed by atoms with E-state index in [0.717, 1.165) is 38.8 Å². The number of carbonyl (C=O) groups excluding carboxylic acids is 1. The van der Waals surface area contributed by atoms with E-state index in [1.54, 1.807) is 0 Å². The Balaban J connectivity index is 0.00000225. The molecule has 1 aliphatic heterocycles. The minimum absolute atomic E-state index is 0. The first-order chi connectivity index (χ1) is 7.34. The molecular formula is C11H23ClN2O2. The molecule has 0 spiro atoms. The average molecular weight is 251 g/mol. The average Bonchev–Trinajstić information content (AvgIpc) is 2.76. The van der Waals surface area contributed by atoms with Crippen LogP contribution in [-0.4, -0.2) is 38.3 Å². The van der Waals surface area contributed by atoms with Crippen LogP contribution >= 0.6 is 12.4 Å². The summed E-state index contributed by atoms with van der Waals surface area (Å²) < 4.78 is 5.35. The van der Waals surface area contributed by atoms with E-state index in [4.69, 9.17) is 4.74 Å². The molecule has 1 rings (SSSR count). The highest BCUT2D eigenvalue weighted by Crippen LogP contribution is 2.03. The van der Waals surface area contributed by atoms with Crippen LogP contribution in [0.4, 0.5) is 0 Å². The van der Waals surface area contributed by atoms with Crippen LogP contribution in [0.5, 0.6) is 0 Å². The van der Waals surface area contributed by atoms with Gasteiger partial charge in [0.25, 0.3) is 0 Å². The van der Waals surface area contributed by atoms with E-state index in [-0.39, 0.29) is 24.4 Å². The van der Waals surface area contributed by atoms with E-state index < -0.39 is 0 Å². The van der Waals surface area contributed by atoms with Crippen LogP contribution in [-0.2, 0) is 9.53 Å². The molecular weight excluding hydrogens is 228 g/mol. The second kappa shape index (κ2) is 9.87. The van der Waals surface area contributed by atoms with Crippen LogP contribution in [0.1, 0.15) is 32.6 Å². The number of halogens is 1. The number of carbonyl (C=O) groups is 1. The van der Waals surface area contributed by atoms with Crippen molar-refractivity contribution in [3.05, 3.63) is 0 Å². The van der Waals surface area contributed by atoms with E-state index in [9.17, 15) is 4.79 Å². The van der Waals surface area contributed by atoms with Gasteiger partial charge in [0.2, 0.25) is 5.91 Å². The summed E-state index contributed by atoms with van der Waals surface area (Å²) >= 11 is 0. The van der Waals surface area contributed by atoms with Gasteiger partial charge in [-0.2, -0.15) is 0 Å². The maximum absolute atomic E-state index is 11.5. The van der Waals surface area contributed by atoms with Gasteiger partial charge in [-0.3, -0.25) is 4.79 Å². The lowest BCUT2D eigenvalue weighted by Crippen LogP contribution is -2.41. The number of rotatable bonds is 7. The first-order valence-electron chi connectivity index (χ1n) is 5.93. The van der Waals surface area contributed by atoms with Gasteiger partial charge in [0, 0.05) is 13.2 Å². The summed E-state index contributed by atoms with van der Waals surface area (Å²) in [7, 11) is 0. The monoisotopic (exact) mass is 250 g/mol. The van der Waals surface area contributed by atoms with Crippen molar-refractivity contribution in [2.24, 2.45) is 0 Å². The number of nitrogens with one attached hydrogen (secondary N) is 2. The fourth-order valence-corrected chi connectivity index (χ4v) is 1.63. The Morgan fingerprint density at radius 2 is 2.31 bits per heavy atom. The Hall–Kier alpha value is -0.320. The molecule has 4 nitrogen and oxygen atoms in total. The van der Waals surface area contributed by atoms with Crippen molar-refractivity contribution < 1.29 is 9.53 Å². The first kappa shape index (κ1) is 15.7. The molecule has 0 bridgehead atoms. The molecule has 2 N–H and O–H groups in total. The van der Waals surface area contributed by atoms with Gasteiger partial charge in [-0.05, 0) is 25.8 Å². The summed E-state index contributed by atoms with van der Waals surface area (Å²) in [5, 5.41) is 6.04. The van der Waals surface area contributed by atoms with Crippen molar-refractivity contribution in [2.75, 3.05) is 26.3 Å². The number of hydrogen-bond donors (Lipinski definition) is 2. The molecule has 0 aromatic rings. The maximum atomic E-state index is 11.5. The second-order valence-electron chi connectivity index (χ2n) is 3.91. The Morgan fingerprint density at radius 3 is 2.94 bits per heavy atom. The molecule has 0 unspecified atom stereocenters. The smallest absolute Gasteiger partial charge is 0.237 e. The normalized spacial score (nSPS) is 19.2. The number of unbranched alkanes of at least 4 members (excludes halogenated alkanes) is 1. The molecule has 0 saturated carbocycles. The van der Waals surface area contributed by atoms with Crippen LogP contribution in [0.3, 0.4) is 0 Å². The largest absolute Gasteiger partial charge is 0.380 e. The van der Waals surface area contributed by atoms with E-state index >= 15 is 0 Å². The molecule has 1 heterocycles. The molecule has 1 aliphatic rings. The summed E-state index contributed by atoms with van der Waals surface area (Å²) in [6, 6.07) is 0.0284. The number of amides is 1. The van der Waals surface area contributed by atoms with Gasteiger partial charge in [-0.1, -0.05) is 13.3 Å². The fourth-order valence-electron chi connectivity index (χ4n) is 1.63. The van der Waals surface area contributed by atoms with Gasteiger partial charge < -0.3 is 15.4 Å². The van der Waals surface area contributed by atoms with Crippen molar-refractivity contribution in [3.8, 4) is 0 Å². The maximum Gasteiger partial charge on any atom is 0.237 e. The highest BCUT2D eigenvalue weighted by Gasteiger charge is 2.20. The van der Waals surface area contributed by atoms with Crippen LogP contribution in [0.15, 0.2) is 0 Å². The molecule has 0 radical (unpaired) electrons. The molecule has 0 aliphatic carbocycles. The Morgan fingerprint density at radius 1 is 1.50 bits per heavy atom. The van der Waals surface area contributed by atoms with Crippen LogP contribution < -0.4 is 10.6 Å². The Kier molecular flexibility index (Phi) is 9.68. The number of hydrogen-bond acceptors (Lipinski definition) is 3. The first-order valence-corrected chi connectivity index (χ1v) is 5.93. The summed E-state index contributed by atoms with van der Waals surface area (Å²) in [4.78, 5) is 11.5. The molecule has 1 atom stereocenters. The summed E-state index contributed by atoms with van der Waals surface area (Å²) in [6.07, 6.45) is 4.31. The SMILES string of the molecule is CCCCOCCNC(=O)[C@@H]1CCCN1.Cl. The van der Waals surface area contributed by atoms with Gasteiger partial charge >= 0.3 is 0 Å². The van der Waals surface area contributed by atoms with Gasteiger partial charge in [0.05, 0.1) is 12.6 Å². The fraction of sp³-hybridized carbons (Fsp3) is 0.909. The van der Waals surface area contributed by atoms with Crippen LogP contribution in [0.25, 0.3) is 0 Å². The van der Waals surface area contributed by atoms with E-state index in [0.29, 0.717) is 13.2 Å². The zero-order valence-corrected chi connectivity index (χ0v) is 10.8. The summed E-state index contributed by atoms with van der Waals surface area (Å²) in [6.45, 7) is 5.15. The van der Waals surface area contributed by atoms with Crippen molar-refractivity contribution in [3.63, 3.8) is 0 Å². The summed E-state index contributed by atoms with van der Waals surface area (Å²) in [5.41, 5.74) is 0.